The number of aromatic nitrogens is 3. The molecular formula is C14H15N5O4S. The number of nitrogens with one attached hydrogen (secondary N) is 3. The van der Waals surface area contributed by atoms with Crippen LogP contribution in [0.4, 0.5) is 0 Å². The minimum atomic E-state index is -0.459. The van der Waals surface area contributed by atoms with Crippen LogP contribution >= 0.6 is 11.8 Å². The Labute approximate surface area is 141 Å². The molecule has 0 radical (unpaired) electrons. The van der Waals surface area contributed by atoms with Gasteiger partial charge in [0.25, 0.3) is 11.5 Å². The second-order valence-corrected chi connectivity index (χ2v) is 5.53. The maximum Gasteiger partial charge on any atom is 0.273 e. The summed E-state index contributed by atoms with van der Waals surface area (Å²) in [5, 5.41) is 7.63. The summed E-state index contributed by atoms with van der Waals surface area (Å²) in [6.07, 6.45) is 0. The lowest BCUT2D eigenvalue weighted by Crippen LogP contribution is -2.42. The van der Waals surface area contributed by atoms with Gasteiger partial charge in [-0.15, -0.1) is 10.2 Å². The van der Waals surface area contributed by atoms with E-state index in [9.17, 15) is 14.4 Å². The summed E-state index contributed by atoms with van der Waals surface area (Å²) in [7, 11) is 1.53. The standard InChI is InChI=1S/C14H15N5O4S/c1-8-12(21)15-14(19-16-8)24-7-11(20)17-18-13(22)9-3-5-10(23-2)6-4-9/h3-6H,7H2,1-2H3,(H,17,20)(H,18,22)(H,15,19,21). The van der Waals surface area contributed by atoms with Crippen molar-refractivity contribution in [1.29, 1.82) is 0 Å². The number of H-pyrrole nitrogens is 1. The number of methoxy groups -OCH3 is 1. The van der Waals surface area contributed by atoms with E-state index in [1.54, 1.807) is 24.3 Å². The van der Waals surface area contributed by atoms with Gasteiger partial charge in [-0.1, -0.05) is 11.8 Å². The summed E-state index contributed by atoms with van der Waals surface area (Å²) in [4.78, 5) is 37.4. The Bertz CT molecular complexity index is 790. The second-order valence-electron chi connectivity index (χ2n) is 4.56. The fourth-order valence-corrected chi connectivity index (χ4v) is 2.16. The SMILES string of the molecule is COc1ccc(C(=O)NNC(=O)CSc2nnc(C)c(=O)[nH]2)cc1. The lowest BCUT2D eigenvalue weighted by Gasteiger charge is -2.07. The van der Waals surface area contributed by atoms with E-state index in [4.69, 9.17) is 4.74 Å². The summed E-state index contributed by atoms with van der Waals surface area (Å²) in [5.74, 6) is -0.332. The van der Waals surface area contributed by atoms with Gasteiger partial charge in [0, 0.05) is 5.56 Å². The normalized spacial score (nSPS) is 10.1. The van der Waals surface area contributed by atoms with Crippen molar-refractivity contribution in [2.24, 2.45) is 0 Å². The highest BCUT2D eigenvalue weighted by Crippen LogP contribution is 2.11. The van der Waals surface area contributed by atoms with Crippen molar-refractivity contribution in [3.8, 4) is 5.75 Å². The summed E-state index contributed by atoms with van der Waals surface area (Å²) in [6, 6.07) is 6.42. The molecule has 9 nitrogen and oxygen atoms in total. The first-order valence-corrected chi connectivity index (χ1v) is 7.78. The Morgan fingerprint density at radius 2 is 1.92 bits per heavy atom. The van der Waals surface area contributed by atoms with Crippen molar-refractivity contribution in [2.45, 2.75) is 12.1 Å². The predicted molar refractivity (Wildman–Crippen MR) is 86.7 cm³/mol. The van der Waals surface area contributed by atoms with Crippen LogP contribution in [0.25, 0.3) is 0 Å². The number of ether oxygens (including phenoxy) is 1. The lowest BCUT2D eigenvalue weighted by atomic mass is 10.2. The zero-order valence-electron chi connectivity index (χ0n) is 13.0. The number of carbonyl (C=O) groups is 2. The summed E-state index contributed by atoms with van der Waals surface area (Å²) < 4.78 is 5.00. The molecule has 24 heavy (non-hydrogen) atoms. The highest BCUT2D eigenvalue weighted by molar-refractivity contribution is 7.99. The number of benzene rings is 1. The number of carbonyl (C=O) groups excluding carboxylic acids is 2. The zero-order valence-corrected chi connectivity index (χ0v) is 13.8. The number of hydrogen-bond acceptors (Lipinski definition) is 7. The molecule has 0 saturated heterocycles. The molecule has 1 heterocycles. The van der Waals surface area contributed by atoms with Crippen molar-refractivity contribution in [1.82, 2.24) is 26.0 Å². The molecule has 2 aromatic rings. The van der Waals surface area contributed by atoms with Crippen molar-refractivity contribution < 1.29 is 14.3 Å². The van der Waals surface area contributed by atoms with Crippen LogP contribution in [0.1, 0.15) is 16.1 Å². The zero-order chi connectivity index (χ0) is 17.5. The topological polar surface area (TPSA) is 126 Å². The molecule has 2 rings (SSSR count). The monoisotopic (exact) mass is 349 g/mol. The first-order valence-electron chi connectivity index (χ1n) is 6.79. The third kappa shape index (κ3) is 4.81. The molecule has 0 bridgehead atoms. The van der Waals surface area contributed by atoms with Gasteiger partial charge in [0.1, 0.15) is 11.4 Å². The van der Waals surface area contributed by atoms with E-state index < -0.39 is 11.8 Å². The molecule has 0 fully saturated rings. The average molecular weight is 349 g/mol. The molecule has 0 spiro atoms. The van der Waals surface area contributed by atoms with Crippen LogP contribution in [0.5, 0.6) is 5.75 Å². The van der Waals surface area contributed by atoms with Crippen molar-refractivity contribution in [3.63, 3.8) is 0 Å². The van der Waals surface area contributed by atoms with E-state index in [0.717, 1.165) is 11.8 Å². The van der Waals surface area contributed by atoms with Crippen LogP contribution < -0.4 is 21.1 Å². The van der Waals surface area contributed by atoms with Crippen molar-refractivity contribution in [3.05, 3.63) is 45.9 Å². The molecular weight excluding hydrogens is 334 g/mol. The van der Waals surface area contributed by atoms with Crippen molar-refractivity contribution in [2.75, 3.05) is 12.9 Å². The van der Waals surface area contributed by atoms with Gasteiger partial charge in [-0.05, 0) is 31.2 Å². The highest BCUT2D eigenvalue weighted by atomic mass is 32.2. The predicted octanol–water partition coefficient (Wildman–Crippen LogP) is 0.0352. The Kier molecular flexibility index (Phi) is 5.90. The molecule has 0 atom stereocenters. The summed E-state index contributed by atoms with van der Waals surface area (Å²) in [6.45, 7) is 1.53. The molecule has 10 heteroatoms. The quantitative estimate of drug-likeness (QED) is 0.514. The molecule has 1 aromatic heterocycles. The Morgan fingerprint density at radius 3 is 2.54 bits per heavy atom. The van der Waals surface area contributed by atoms with Gasteiger partial charge in [-0.2, -0.15) is 0 Å². The van der Waals surface area contributed by atoms with Crippen LogP contribution in [0.3, 0.4) is 0 Å². The van der Waals surface area contributed by atoms with Crippen LogP contribution in [-0.4, -0.2) is 39.9 Å². The van der Waals surface area contributed by atoms with Crippen molar-refractivity contribution >= 4 is 23.6 Å². The largest absolute Gasteiger partial charge is 0.497 e. The van der Waals surface area contributed by atoms with Crippen LogP contribution in [0.2, 0.25) is 0 Å². The van der Waals surface area contributed by atoms with Gasteiger partial charge in [0.05, 0.1) is 12.9 Å². The second kappa shape index (κ2) is 8.11. The number of nitrogens with zero attached hydrogens (tertiary/aromatic N) is 2. The molecule has 0 aliphatic rings. The first-order chi connectivity index (χ1) is 11.5. The highest BCUT2D eigenvalue weighted by Gasteiger charge is 2.09. The molecule has 3 N–H and O–H groups in total. The van der Waals surface area contributed by atoms with E-state index in [1.807, 2.05) is 0 Å². The van der Waals surface area contributed by atoms with Crippen LogP contribution in [-0.2, 0) is 4.79 Å². The molecule has 0 saturated carbocycles. The molecule has 126 valence electrons. The molecule has 0 unspecified atom stereocenters. The van der Waals surface area contributed by atoms with Gasteiger partial charge < -0.3 is 4.74 Å². The van der Waals surface area contributed by atoms with E-state index >= 15 is 0 Å². The number of aromatic amines is 1. The fourth-order valence-electron chi connectivity index (χ4n) is 1.55. The lowest BCUT2D eigenvalue weighted by molar-refractivity contribution is -0.119. The number of amides is 2. The number of hydrogen-bond donors (Lipinski definition) is 3. The number of rotatable bonds is 5. The van der Waals surface area contributed by atoms with Crippen LogP contribution in [0.15, 0.2) is 34.2 Å². The third-order valence-electron chi connectivity index (χ3n) is 2.85. The third-order valence-corrected chi connectivity index (χ3v) is 3.71. The summed E-state index contributed by atoms with van der Waals surface area (Å²) >= 11 is 0.995. The van der Waals surface area contributed by atoms with Gasteiger partial charge in [0.2, 0.25) is 5.91 Å². The maximum atomic E-state index is 11.9. The van der Waals surface area contributed by atoms with Gasteiger partial charge >= 0.3 is 0 Å². The minimum absolute atomic E-state index is 0.0451. The molecule has 1 aromatic carbocycles. The van der Waals surface area contributed by atoms with Crippen LogP contribution in [0, 0.1) is 6.92 Å². The van der Waals surface area contributed by atoms with E-state index in [1.165, 1.54) is 14.0 Å². The number of hydrazine groups is 1. The fraction of sp³-hybridized carbons (Fsp3) is 0.214. The molecule has 0 aliphatic carbocycles. The maximum absolute atomic E-state index is 11.9. The number of aryl methyl sites for hydroxylation is 1. The smallest absolute Gasteiger partial charge is 0.273 e. The van der Waals surface area contributed by atoms with E-state index in [2.05, 4.69) is 26.0 Å². The summed E-state index contributed by atoms with van der Waals surface area (Å²) in [5.41, 5.74) is 4.83. The molecule has 2 amide bonds. The van der Waals surface area contributed by atoms with E-state index in [-0.39, 0.29) is 22.2 Å². The minimum Gasteiger partial charge on any atom is -0.497 e. The van der Waals surface area contributed by atoms with Gasteiger partial charge in [-0.3, -0.25) is 30.2 Å². The molecule has 0 aliphatic heterocycles. The average Bonchev–Trinajstić information content (AvgIpc) is 2.60. The van der Waals surface area contributed by atoms with Gasteiger partial charge in [0.15, 0.2) is 5.16 Å². The van der Waals surface area contributed by atoms with E-state index in [0.29, 0.717) is 11.3 Å². The first kappa shape index (κ1) is 17.5. The Balaban J connectivity index is 1.80. The van der Waals surface area contributed by atoms with Gasteiger partial charge in [-0.25, -0.2) is 0 Å². The Hall–Kier alpha value is -2.88. The Morgan fingerprint density at radius 1 is 1.21 bits per heavy atom. The number of thioether (sulfide) groups is 1.